The Morgan fingerprint density at radius 1 is 1.00 bits per heavy atom. The van der Waals surface area contributed by atoms with Crippen LogP contribution in [0.2, 0.25) is 0 Å². The van der Waals surface area contributed by atoms with E-state index in [2.05, 4.69) is 47.5 Å². The first-order valence-corrected chi connectivity index (χ1v) is 7.87. The van der Waals surface area contributed by atoms with Crippen LogP contribution in [0.4, 0.5) is 0 Å². The fourth-order valence-electron chi connectivity index (χ4n) is 2.74. The van der Waals surface area contributed by atoms with Crippen molar-refractivity contribution in [2.75, 3.05) is 5.75 Å². The van der Waals surface area contributed by atoms with Gasteiger partial charge < -0.3 is 9.67 Å². The Balaban J connectivity index is 2.04. The topological polar surface area (TPSA) is 25.2 Å². The highest BCUT2D eigenvalue weighted by Gasteiger charge is 2.09. The van der Waals surface area contributed by atoms with Crippen molar-refractivity contribution in [3.63, 3.8) is 0 Å². The zero-order valence-corrected chi connectivity index (χ0v) is 12.8. The molecule has 0 fully saturated rings. The molecule has 0 unspecified atom stereocenters. The molecule has 0 saturated heterocycles. The molecule has 0 bridgehead atoms. The van der Waals surface area contributed by atoms with Gasteiger partial charge in [0.05, 0.1) is 0 Å². The molecule has 3 aromatic rings. The number of benzene rings is 2. The number of thiol groups is 1. The maximum Gasteiger partial charge on any atom is 0.116 e. The lowest BCUT2D eigenvalue weighted by Crippen LogP contribution is -2.04. The van der Waals surface area contributed by atoms with Gasteiger partial charge in [-0.25, -0.2) is 0 Å². The summed E-state index contributed by atoms with van der Waals surface area (Å²) in [6.07, 6.45) is 2.06. The van der Waals surface area contributed by atoms with E-state index in [1.54, 1.807) is 6.07 Å². The summed E-state index contributed by atoms with van der Waals surface area (Å²) in [7, 11) is 0. The summed E-state index contributed by atoms with van der Waals surface area (Å²) in [5.74, 6) is 1.21. The zero-order valence-electron chi connectivity index (χ0n) is 11.9. The minimum absolute atomic E-state index is 0.320. The first-order valence-electron chi connectivity index (χ1n) is 7.24. The van der Waals surface area contributed by atoms with E-state index in [0.29, 0.717) is 5.75 Å². The van der Waals surface area contributed by atoms with Gasteiger partial charge in [0, 0.05) is 23.1 Å². The molecule has 2 nitrogen and oxygen atoms in total. The van der Waals surface area contributed by atoms with E-state index in [1.165, 1.54) is 16.8 Å². The van der Waals surface area contributed by atoms with Gasteiger partial charge in [-0.1, -0.05) is 30.3 Å². The quantitative estimate of drug-likeness (QED) is 0.676. The number of rotatable bonds is 5. The second-order valence-corrected chi connectivity index (χ2v) is 5.72. The molecular weight excluding hydrogens is 278 g/mol. The summed E-state index contributed by atoms with van der Waals surface area (Å²) in [6.45, 7) is 0.858. The van der Waals surface area contributed by atoms with Crippen LogP contribution in [0.25, 0.3) is 10.9 Å². The lowest BCUT2D eigenvalue weighted by atomic mass is 10.2. The van der Waals surface area contributed by atoms with Crippen LogP contribution in [-0.2, 0) is 13.0 Å². The normalized spacial score (nSPS) is 11.1. The number of phenols is 1. The van der Waals surface area contributed by atoms with Gasteiger partial charge in [-0.2, -0.15) is 12.6 Å². The molecule has 3 rings (SSSR count). The Morgan fingerprint density at radius 3 is 2.57 bits per heavy atom. The van der Waals surface area contributed by atoms with Gasteiger partial charge in [-0.05, 0) is 48.4 Å². The number of aryl methyl sites for hydroxylation is 1. The number of nitrogens with zero attached hydrogens (tertiary/aromatic N) is 1. The van der Waals surface area contributed by atoms with Crippen LogP contribution in [-0.4, -0.2) is 15.4 Å². The Labute approximate surface area is 130 Å². The van der Waals surface area contributed by atoms with Gasteiger partial charge >= 0.3 is 0 Å². The van der Waals surface area contributed by atoms with Gasteiger partial charge in [0.15, 0.2) is 0 Å². The predicted molar refractivity (Wildman–Crippen MR) is 91.3 cm³/mol. The molecule has 1 N–H and O–H groups in total. The lowest BCUT2D eigenvalue weighted by molar-refractivity contribution is 0.476. The number of hydrogen-bond donors (Lipinski definition) is 2. The van der Waals surface area contributed by atoms with Crippen LogP contribution >= 0.6 is 12.6 Å². The van der Waals surface area contributed by atoms with Crippen LogP contribution in [0, 0.1) is 0 Å². The van der Waals surface area contributed by atoms with E-state index in [4.69, 9.17) is 0 Å². The van der Waals surface area contributed by atoms with E-state index >= 15 is 0 Å². The third kappa shape index (κ3) is 3.08. The fourth-order valence-corrected chi connectivity index (χ4v) is 2.89. The van der Waals surface area contributed by atoms with Crippen molar-refractivity contribution in [2.45, 2.75) is 19.4 Å². The van der Waals surface area contributed by atoms with Crippen LogP contribution in [0.1, 0.15) is 17.7 Å². The lowest BCUT2D eigenvalue weighted by Gasteiger charge is -2.11. The molecule has 0 amide bonds. The molecule has 0 aliphatic heterocycles. The van der Waals surface area contributed by atoms with Crippen LogP contribution < -0.4 is 0 Å². The van der Waals surface area contributed by atoms with Gasteiger partial charge in [0.1, 0.15) is 5.75 Å². The van der Waals surface area contributed by atoms with Crippen molar-refractivity contribution >= 4 is 23.5 Å². The number of aromatic nitrogens is 1. The Hall–Kier alpha value is -1.87. The average molecular weight is 297 g/mol. The largest absolute Gasteiger partial charge is 0.508 e. The molecular formula is C18H19NOS. The van der Waals surface area contributed by atoms with Gasteiger partial charge in [0.2, 0.25) is 0 Å². The molecule has 0 spiro atoms. The van der Waals surface area contributed by atoms with Gasteiger partial charge in [-0.15, -0.1) is 0 Å². The van der Waals surface area contributed by atoms with Crippen molar-refractivity contribution in [3.8, 4) is 5.75 Å². The summed E-state index contributed by atoms with van der Waals surface area (Å²) >= 11 is 4.31. The fraction of sp³-hybridized carbons (Fsp3) is 0.222. The first kappa shape index (κ1) is 14.1. The predicted octanol–water partition coefficient (Wildman–Crippen LogP) is 4.26. The van der Waals surface area contributed by atoms with Crippen molar-refractivity contribution in [2.24, 2.45) is 0 Å². The van der Waals surface area contributed by atoms with Crippen molar-refractivity contribution in [1.82, 2.24) is 4.57 Å². The molecule has 2 aromatic carbocycles. The molecule has 0 atom stereocenters. The second kappa shape index (κ2) is 6.27. The maximum atomic E-state index is 9.67. The summed E-state index contributed by atoms with van der Waals surface area (Å²) < 4.78 is 2.34. The number of aromatic hydroxyl groups is 1. The number of fused-ring (bicyclic) bond motifs is 1. The summed E-state index contributed by atoms with van der Waals surface area (Å²) in [6, 6.07) is 18.2. The molecule has 0 aliphatic carbocycles. The maximum absolute atomic E-state index is 9.67. The van der Waals surface area contributed by atoms with Gasteiger partial charge in [0.25, 0.3) is 0 Å². The summed E-state index contributed by atoms with van der Waals surface area (Å²) in [4.78, 5) is 0. The average Bonchev–Trinajstić information content (AvgIpc) is 2.83. The molecule has 21 heavy (non-hydrogen) atoms. The van der Waals surface area contributed by atoms with Crippen molar-refractivity contribution in [1.29, 1.82) is 0 Å². The van der Waals surface area contributed by atoms with Crippen LogP contribution in [0.5, 0.6) is 5.75 Å². The van der Waals surface area contributed by atoms with E-state index < -0.39 is 0 Å². The molecule has 0 saturated carbocycles. The van der Waals surface area contributed by atoms with Crippen LogP contribution in [0.15, 0.2) is 54.6 Å². The number of hydrogen-bond acceptors (Lipinski definition) is 2. The third-order valence-electron chi connectivity index (χ3n) is 3.75. The highest BCUT2D eigenvalue weighted by molar-refractivity contribution is 7.80. The van der Waals surface area contributed by atoms with Crippen molar-refractivity contribution in [3.05, 3.63) is 65.9 Å². The van der Waals surface area contributed by atoms with Crippen LogP contribution in [0.3, 0.4) is 0 Å². The Kier molecular flexibility index (Phi) is 4.20. The first-order chi connectivity index (χ1) is 10.3. The molecule has 3 heteroatoms. The number of phenolic OH excluding ortho intramolecular Hbond substituents is 1. The highest BCUT2D eigenvalue weighted by Crippen LogP contribution is 2.26. The van der Waals surface area contributed by atoms with E-state index in [9.17, 15) is 5.11 Å². The SMILES string of the molecule is Oc1ccc2c(c1)cc(CCCS)n2Cc1ccccc1. The third-order valence-corrected chi connectivity index (χ3v) is 4.06. The zero-order chi connectivity index (χ0) is 14.7. The standard InChI is InChI=1S/C18H19NOS/c20-17-8-9-18-15(12-17)11-16(7-4-10-21)19(18)13-14-5-2-1-3-6-14/h1-3,5-6,8-9,11-12,20-21H,4,7,10,13H2. The van der Waals surface area contributed by atoms with Crippen molar-refractivity contribution < 1.29 is 5.11 Å². The minimum atomic E-state index is 0.320. The van der Waals surface area contributed by atoms with Gasteiger partial charge in [-0.3, -0.25) is 0 Å². The molecule has 0 radical (unpaired) electrons. The Bertz CT molecular complexity index is 734. The molecule has 0 aliphatic rings. The smallest absolute Gasteiger partial charge is 0.116 e. The van der Waals surface area contributed by atoms with E-state index in [-0.39, 0.29) is 0 Å². The monoisotopic (exact) mass is 297 g/mol. The summed E-state index contributed by atoms with van der Waals surface area (Å²) in [5.41, 5.74) is 3.76. The molecule has 1 aromatic heterocycles. The minimum Gasteiger partial charge on any atom is -0.508 e. The van der Waals surface area contributed by atoms with E-state index in [0.717, 1.165) is 30.5 Å². The van der Waals surface area contributed by atoms with E-state index in [1.807, 2.05) is 18.2 Å². The highest BCUT2D eigenvalue weighted by atomic mass is 32.1. The Morgan fingerprint density at radius 2 is 1.81 bits per heavy atom. The molecule has 108 valence electrons. The summed E-state index contributed by atoms with van der Waals surface area (Å²) in [5, 5.41) is 10.8. The second-order valence-electron chi connectivity index (χ2n) is 5.28. The molecule has 1 heterocycles.